The second-order valence-corrected chi connectivity index (χ2v) is 4.79. The van der Waals surface area contributed by atoms with Crippen LogP contribution in [0.4, 0.5) is 5.69 Å². The molecule has 0 aromatic heterocycles. The van der Waals surface area contributed by atoms with Gasteiger partial charge in [0, 0.05) is 7.05 Å². The van der Waals surface area contributed by atoms with Gasteiger partial charge in [-0.2, -0.15) is 0 Å². The first-order chi connectivity index (χ1) is 8.22. The Hall–Kier alpha value is -1.22. The van der Waals surface area contributed by atoms with Gasteiger partial charge in [0.25, 0.3) is 0 Å². The van der Waals surface area contributed by atoms with Crippen LogP contribution in [0.2, 0.25) is 0 Å². The monoisotopic (exact) mass is 234 g/mol. The number of ether oxygens (including phenoxy) is 1. The molecule has 0 saturated heterocycles. The van der Waals surface area contributed by atoms with Gasteiger partial charge in [0.1, 0.15) is 12.4 Å². The molecule has 1 unspecified atom stereocenters. The Balaban J connectivity index is 2.06. The fraction of sp³-hybridized carbons (Fsp3) is 0.571. The average Bonchev–Trinajstić information content (AvgIpc) is 2.33. The number of benzene rings is 1. The summed E-state index contributed by atoms with van der Waals surface area (Å²) >= 11 is 0. The van der Waals surface area contributed by atoms with Crippen molar-refractivity contribution in [2.45, 2.75) is 25.8 Å². The van der Waals surface area contributed by atoms with Crippen molar-refractivity contribution >= 4 is 5.69 Å². The Morgan fingerprint density at radius 1 is 1.47 bits per heavy atom. The molecule has 1 aromatic carbocycles. The number of fused-ring (bicyclic) bond motifs is 1. The molecule has 3 heteroatoms. The molecule has 17 heavy (non-hydrogen) atoms. The van der Waals surface area contributed by atoms with Gasteiger partial charge in [-0.05, 0) is 51.1 Å². The Kier molecular flexibility index (Phi) is 3.89. The summed E-state index contributed by atoms with van der Waals surface area (Å²) in [6.07, 6.45) is 2.36. The van der Waals surface area contributed by atoms with E-state index in [0.29, 0.717) is 6.04 Å². The van der Waals surface area contributed by atoms with Crippen LogP contribution in [0.5, 0.6) is 5.75 Å². The van der Waals surface area contributed by atoms with Crippen LogP contribution < -0.4 is 15.0 Å². The maximum atomic E-state index is 5.83. The molecule has 2 rings (SSSR count). The van der Waals surface area contributed by atoms with E-state index < -0.39 is 0 Å². The molecule has 94 valence electrons. The second-order valence-electron chi connectivity index (χ2n) is 4.79. The standard InChI is InChI=1S/C14H22N2O/c1-11-6-7-14-13(9-11)16(3)12(10-17-14)5-4-8-15-2/h6-7,9,12,15H,4-5,8,10H2,1-3H3. The third kappa shape index (κ3) is 2.72. The van der Waals surface area contributed by atoms with Crippen LogP contribution in [0.3, 0.4) is 0 Å². The Bertz CT molecular complexity index is 378. The van der Waals surface area contributed by atoms with Crippen LogP contribution in [0, 0.1) is 6.92 Å². The van der Waals surface area contributed by atoms with Crippen molar-refractivity contribution in [3.63, 3.8) is 0 Å². The van der Waals surface area contributed by atoms with Gasteiger partial charge in [-0.25, -0.2) is 0 Å². The molecule has 3 nitrogen and oxygen atoms in total. The zero-order valence-electron chi connectivity index (χ0n) is 11.0. The SMILES string of the molecule is CNCCCC1COc2ccc(C)cc2N1C. The number of aryl methyl sites for hydroxylation is 1. The maximum absolute atomic E-state index is 5.83. The normalized spacial score (nSPS) is 18.8. The van der Waals surface area contributed by atoms with Crippen molar-refractivity contribution in [3.8, 4) is 5.75 Å². The Labute approximate surface area is 104 Å². The highest BCUT2D eigenvalue weighted by Gasteiger charge is 2.23. The van der Waals surface area contributed by atoms with Crippen molar-refractivity contribution in [1.29, 1.82) is 0 Å². The molecule has 1 heterocycles. The van der Waals surface area contributed by atoms with Crippen molar-refractivity contribution in [1.82, 2.24) is 5.32 Å². The largest absolute Gasteiger partial charge is 0.489 e. The van der Waals surface area contributed by atoms with E-state index >= 15 is 0 Å². The summed E-state index contributed by atoms with van der Waals surface area (Å²) in [5.74, 6) is 1.02. The van der Waals surface area contributed by atoms with E-state index in [1.165, 1.54) is 24.1 Å². The summed E-state index contributed by atoms with van der Waals surface area (Å²) in [7, 11) is 4.17. The van der Waals surface area contributed by atoms with E-state index in [4.69, 9.17) is 4.74 Å². The van der Waals surface area contributed by atoms with Gasteiger partial charge in [0.05, 0.1) is 11.7 Å². The molecule has 0 fully saturated rings. The van der Waals surface area contributed by atoms with Gasteiger partial charge in [-0.3, -0.25) is 0 Å². The fourth-order valence-corrected chi connectivity index (χ4v) is 2.31. The Morgan fingerprint density at radius 2 is 2.29 bits per heavy atom. The highest BCUT2D eigenvalue weighted by Crippen LogP contribution is 2.34. The van der Waals surface area contributed by atoms with Crippen LogP contribution in [0.15, 0.2) is 18.2 Å². The molecule has 0 bridgehead atoms. The summed E-state index contributed by atoms with van der Waals surface area (Å²) in [4.78, 5) is 2.36. The third-order valence-electron chi connectivity index (χ3n) is 3.44. The number of hydrogen-bond donors (Lipinski definition) is 1. The maximum Gasteiger partial charge on any atom is 0.142 e. The van der Waals surface area contributed by atoms with E-state index in [0.717, 1.165) is 18.9 Å². The first-order valence-electron chi connectivity index (χ1n) is 6.33. The summed E-state index contributed by atoms with van der Waals surface area (Å²) < 4.78 is 5.83. The van der Waals surface area contributed by atoms with Gasteiger partial charge in [0.15, 0.2) is 0 Å². The molecule has 1 N–H and O–H groups in total. The minimum Gasteiger partial charge on any atom is -0.489 e. The highest BCUT2D eigenvalue weighted by molar-refractivity contribution is 5.61. The smallest absolute Gasteiger partial charge is 0.142 e. The summed E-state index contributed by atoms with van der Waals surface area (Å²) in [5.41, 5.74) is 2.51. The lowest BCUT2D eigenvalue weighted by Gasteiger charge is -2.36. The minimum absolute atomic E-state index is 0.498. The molecule has 0 saturated carbocycles. The third-order valence-corrected chi connectivity index (χ3v) is 3.44. The number of hydrogen-bond acceptors (Lipinski definition) is 3. The first kappa shape index (κ1) is 12.2. The van der Waals surface area contributed by atoms with Crippen LogP contribution in [0.25, 0.3) is 0 Å². The van der Waals surface area contributed by atoms with Gasteiger partial charge in [-0.15, -0.1) is 0 Å². The van der Waals surface area contributed by atoms with Crippen molar-refractivity contribution in [2.24, 2.45) is 0 Å². The van der Waals surface area contributed by atoms with Crippen LogP contribution in [0.1, 0.15) is 18.4 Å². The zero-order chi connectivity index (χ0) is 12.3. The number of rotatable bonds is 4. The van der Waals surface area contributed by atoms with E-state index in [1.54, 1.807) is 0 Å². The quantitative estimate of drug-likeness (QED) is 0.808. The van der Waals surface area contributed by atoms with Gasteiger partial charge in [-0.1, -0.05) is 6.07 Å². The lowest BCUT2D eigenvalue weighted by Crippen LogP contribution is -2.40. The summed E-state index contributed by atoms with van der Waals surface area (Å²) in [5, 5.41) is 3.19. The topological polar surface area (TPSA) is 24.5 Å². The predicted octanol–water partition coefficient (Wildman–Crippen LogP) is 2.19. The Morgan fingerprint density at radius 3 is 3.06 bits per heavy atom. The van der Waals surface area contributed by atoms with E-state index in [1.807, 2.05) is 7.05 Å². The van der Waals surface area contributed by atoms with E-state index in [-0.39, 0.29) is 0 Å². The molecular formula is C14H22N2O. The average molecular weight is 234 g/mol. The zero-order valence-corrected chi connectivity index (χ0v) is 11.0. The molecule has 1 aromatic rings. The molecule has 0 spiro atoms. The number of nitrogens with zero attached hydrogens (tertiary/aromatic N) is 1. The van der Waals surface area contributed by atoms with E-state index in [9.17, 15) is 0 Å². The second kappa shape index (κ2) is 5.41. The molecule has 1 aliphatic rings. The molecule has 0 radical (unpaired) electrons. The highest BCUT2D eigenvalue weighted by atomic mass is 16.5. The molecular weight excluding hydrogens is 212 g/mol. The molecule has 0 aliphatic carbocycles. The predicted molar refractivity (Wildman–Crippen MR) is 72.0 cm³/mol. The summed E-state index contributed by atoms with van der Waals surface area (Å²) in [6.45, 7) is 4.00. The van der Waals surface area contributed by atoms with Crippen molar-refractivity contribution < 1.29 is 4.74 Å². The number of nitrogens with one attached hydrogen (secondary N) is 1. The first-order valence-corrected chi connectivity index (χ1v) is 6.33. The van der Waals surface area contributed by atoms with Crippen LogP contribution in [-0.2, 0) is 0 Å². The lowest BCUT2D eigenvalue weighted by molar-refractivity contribution is 0.258. The fourth-order valence-electron chi connectivity index (χ4n) is 2.31. The van der Waals surface area contributed by atoms with Crippen molar-refractivity contribution in [2.75, 3.05) is 32.1 Å². The van der Waals surface area contributed by atoms with Crippen molar-refractivity contribution in [3.05, 3.63) is 23.8 Å². The molecule has 1 atom stereocenters. The number of likely N-dealkylation sites (N-methyl/N-ethyl adjacent to an activating group) is 1. The molecule has 0 amide bonds. The minimum atomic E-state index is 0.498. The van der Waals surface area contributed by atoms with Crippen LogP contribution in [-0.4, -0.2) is 33.3 Å². The van der Waals surface area contributed by atoms with Gasteiger partial charge >= 0.3 is 0 Å². The van der Waals surface area contributed by atoms with Gasteiger partial charge < -0.3 is 15.0 Å². The lowest BCUT2D eigenvalue weighted by atomic mass is 10.1. The van der Waals surface area contributed by atoms with Gasteiger partial charge in [0.2, 0.25) is 0 Å². The molecule has 1 aliphatic heterocycles. The number of anilines is 1. The summed E-state index contributed by atoms with van der Waals surface area (Å²) in [6, 6.07) is 6.89. The van der Waals surface area contributed by atoms with Crippen LogP contribution >= 0.6 is 0 Å². The van der Waals surface area contributed by atoms with E-state index in [2.05, 4.69) is 42.4 Å².